The van der Waals surface area contributed by atoms with E-state index in [2.05, 4.69) is 10.3 Å². The number of amides is 1. The Kier molecular flexibility index (Phi) is 6.90. The van der Waals surface area contributed by atoms with Gasteiger partial charge in [0.05, 0.1) is 19.0 Å². The van der Waals surface area contributed by atoms with Crippen LogP contribution in [0.4, 0.5) is 10.5 Å². The van der Waals surface area contributed by atoms with Gasteiger partial charge in [-0.25, -0.2) is 9.78 Å². The lowest BCUT2D eigenvalue weighted by molar-refractivity contribution is 0.0635. The first-order valence-corrected chi connectivity index (χ1v) is 6.32. The van der Waals surface area contributed by atoms with E-state index >= 15 is 0 Å². The maximum absolute atomic E-state index is 11.5. The predicted octanol–water partition coefficient (Wildman–Crippen LogP) is 3.77. The molecule has 0 aliphatic rings. The summed E-state index contributed by atoms with van der Waals surface area (Å²) in [5, 5.41) is 2.64. The molecule has 0 radical (unpaired) electrons. The summed E-state index contributed by atoms with van der Waals surface area (Å²) in [7, 11) is 1.54. The minimum absolute atomic E-state index is 0.493. The van der Waals surface area contributed by atoms with Crippen LogP contribution in [0.5, 0.6) is 5.88 Å². The van der Waals surface area contributed by atoms with E-state index in [1.165, 1.54) is 6.20 Å². The van der Waals surface area contributed by atoms with Gasteiger partial charge in [-0.3, -0.25) is 5.32 Å². The van der Waals surface area contributed by atoms with Gasteiger partial charge in [0.1, 0.15) is 5.60 Å². The Morgan fingerprint density at radius 1 is 1.32 bits per heavy atom. The molecule has 0 saturated heterocycles. The van der Waals surface area contributed by atoms with Crippen LogP contribution in [0.25, 0.3) is 0 Å². The van der Waals surface area contributed by atoms with Gasteiger partial charge in [0.2, 0.25) is 5.88 Å². The number of aromatic nitrogens is 1. The fourth-order valence-corrected chi connectivity index (χ4v) is 1.19. The highest BCUT2D eigenvalue weighted by atomic mass is 16.6. The molecule has 0 aliphatic heterocycles. The van der Waals surface area contributed by atoms with Gasteiger partial charge in [-0.15, -0.1) is 0 Å². The van der Waals surface area contributed by atoms with Crippen molar-refractivity contribution in [2.45, 2.75) is 47.1 Å². The number of aryl methyl sites for hydroxylation is 1. The summed E-state index contributed by atoms with van der Waals surface area (Å²) in [5.41, 5.74) is 0.959. The summed E-state index contributed by atoms with van der Waals surface area (Å²) in [4.78, 5) is 15.6. The van der Waals surface area contributed by atoms with Gasteiger partial charge >= 0.3 is 6.09 Å². The third kappa shape index (κ3) is 6.64. The second kappa shape index (κ2) is 7.61. The summed E-state index contributed by atoms with van der Waals surface area (Å²) in [6.07, 6.45) is 1.05. The fraction of sp³-hybridized carbons (Fsp3) is 0.571. The van der Waals surface area contributed by atoms with Crippen LogP contribution in [0.2, 0.25) is 0 Å². The number of anilines is 1. The molecule has 1 aromatic rings. The highest BCUT2D eigenvalue weighted by molar-refractivity contribution is 5.85. The Morgan fingerprint density at radius 2 is 1.89 bits per heavy atom. The third-order valence-electron chi connectivity index (χ3n) is 1.93. The van der Waals surface area contributed by atoms with Gasteiger partial charge < -0.3 is 9.47 Å². The van der Waals surface area contributed by atoms with Crippen molar-refractivity contribution >= 4 is 11.8 Å². The molecule has 5 nitrogen and oxygen atoms in total. The van der Waals surface area contributed by atoms with E-state index in [-0.39, 0.29) is 0 Å². The molecule has 0 saturated carbocycles. The van der Waals surface area contributed by atoms with E-state index in [4.69, 9.17) is 9.47 Å². The van der Waals surface area contributed by atoms with Crippen molar-refractivity contribution in [2.75, 3.05) is 12.4 Å². The standard InChI is InChI=1S/C12H18N2O3.C2H6/c1-8-6-10(16-5)13-7-9(8)14-11(15)17-12(2,3)4;1-2/h6-7H,1-5H3,(H,14,15);1-2H3. The van der Waals surface area contributed by atoms with Crippen LogP contribution < -0.4 is 10.1 Å². The van der Waals surface area contributed by atoms with Crippen molar-refractivity contribution in [3.8, 4) is 5.88 Å². The predicted molar refractivity (Wildman–Crippen MR) is 76.7 cm³/mol. The first kappa shape index (κ1) is 17.2. The molecule has 0 atom stereocenters. The van der Waals surface area contributed by atoms with Crippen molar-refractivity contribution in [3.05, 3.63) is 17.8 Å². The molecule has 1 aromatic heterocycles. The molecule has 0 aromatic carbocycles. The fourth-order valence-electron chi connectivity index (χ4n) is 1.19. The van der Waals surface area contributed by atoms with Gasteiger partial charge in [-0.2, -0.15) is 0 Å². The van der Waals surface area contributed by atoms with Crippen LogP contribution in [-0.4, -0.2) is 23.8 Å². The van der Waals surface area contributed by atoms with Gasteiger partial charge in [0, 0.05) is 6.07 Å². The number of hydrogen-bond acceptors (Lipinski definition) is 4. The number of nitrogens with one attached hydrogen (secondary N) is 1. The molecule has 0 spiro atoms. The third-order valence-corrected chi connectivity index (χ3v) is 1.93. The summed E-state index contributed by atoms with van der Waals surface area (Å²) < 4.78 is 10.1. The summed E-state index contributed by atoms with van der Waals surface area (Å²) in [6.45, 7) is 11.3. The minimum atomic E-state index is -0.516. The summed E-state index contributed by atoms with van der Waals surface area (Å²) >= 11 is 0. The van der Waals surface area contributed by atoms with E-state index in [0.717, 1.165) is 5.56 Å². The van der Waals surface area contributed by atoms with Crippen LogP contribution in [0, 0.1) is 6.92 Å². The van der Waals surface area contributed by atoms with Crippen LogP contribution in [0.15, 0.2) is 12.3 Å². The molecule has 0 unspecified atom stereocenters. The molecule has 5 heteroatoms. The summed E-state index contributed by atoms with van der Waals surface area (Å²) in [5.74, 6) is 0.511. The smallest absolute Gasteiger partial charge is 0.412 e. The Labute approximate surface area is 115 Å². The molecule has 1 N–H and O–H groups in total. The zero-order valence-corrected chi connectivity index (χ0v) is 12.8. The Balaban J connectivity index is 0.00000154. The number of pyridine rings is 1. The molecule has 19 heavy (non-hydrogen) atoms. The number of methoxy groups -OCH3 is 1. The average Bonchev–Trinajstić information content (AvgIpc) is 2.32. The largest absolute Gasteiger partial charge is 0.481 e. The molecule has 0 fully saturated rings. The number of nitrogens with zero attached hydrogens (tertiary/aromatic N) is 1. The first-order chi connectivity index (χ1) is 8.81. The van der Waals surface area contributed by atoms with Gasteiger partial charge in [0.15, 0.2) is 0 Å². The van der Waals surface area contributed by atoms with Crippen molar-refractivity contribution in [3.63, 3.8) is 0 Å². The quantitative estimate of drug-likeness (QED) is 0.886. The molecule has 0 bridgehead atoms. The summed E-state index contributed by atoms with van der Waals surface area (Å²) in [6, 6.07) is 1.74. The van der Waals surface area contributed by atoms with E-state index < -0.39 is 11.7 Å². The van der Waals surface area contributed by atoms with E-state index in [9.17, 15) is 4.79 Å². The minimum Gasteiger partial charge on any atom is -0.481 e. The highest BCUT2D eigenvalue weighted by Gasteiger charge is 2.16. The molecular weight excluding hydrogens is 244 g/mol. The van der Waals surface area contributed by atoms with Crippen molar-refractivity contribution in [2.24, 2.45) is 0 Å². The lowest BCUT2D eigenvalue weighted by Gasteiger charge is -2.20. The van der Waals surface area contributed by atoms with E-state index in [0.29, 0.717) is 11.6 Å². The zero-order chi connectivity index (χ0) is 15.1. The van der Waals surface area contributed by atoms with Crippen molar-refractivity contribution in [1.82, 2.24) is 4.98 Å². The van der Waals surface area contributed by atoms with Crippen LogP contribution in [0.1, 0.15) is 40.2 Å². The highest BCUT2D eigenvalue weighted by Crippen LogP contribution is 2.18. The molecule has 1 heterocycles. The normalized spacial score (nSPS) is 10.1. The van der Waals surface area contributed by atoms with Crippen LogP contribution >= 0.6 is 0 Å². The number of carbonyl (C=O) groups excluding carboxylic acids is 1. The van der Waals surface area contributed by atoms with Gasteiger partial charge in [0.25, 0.3) is 0 Å². The Hall–Kier alpha value is -1.78. The van der Waals surface area contributed by atoms with Crippen molar-refractivity contribution < 1.29 is 14.3 Å². The van der Waals surface area contributed by atoms with Crippen LogP contribution in [0.3, 0.4) is 0 Å². The number of hydrogen-bond donors (Lipinski definition) is 1. The lowest BCUT2D eigenvalue weighted by Crippen LogP contribution is -2.27. The maximum Gasteiger partial charge on any atom is 0.412 e. The first-order valence-electron chi connectivity index (χ1n) is 6.32. The molecular formula is C14H24N2O3. The van der Waals surface area contributed by atoms with E-state index in [1.807, 2.05) is 41.5 Å². The Bertz CT molecular complexity index is 412. The van der Waals surface area contributed by atoms with Crippen molar-refractivity contribution in [1.29, 1.82) is 0 Å². The Morgan fingerprint density at radius 3 is 2.32 bits per heavy atom. The van der Waals surface area contributed by atoms with E-state index in [1.54, 1.807) is 13.2 Å². The number of ether oxygens (including phenoxy) is 2. The topological polar surface area (TPSA) is 60.5 Å². The monoisotopic (exact) mass is 268 g/mol. The maximum atomic E-state index is 11.5. The number of rotatable bonds is 2. The zero-order valence-electron chi connectivity index (χ0n) is 12.8. The molecule has 1 amide bonds. The van der Waals surface area contributed by atoms with Gasteiger partial charge in [-0.05, 0) is 33.3 Å². The molecule has 0 aliphatic carbocycles. The molecule has 1 rings (SSSR count). The molecule has 108 valence electrons. The second-order valence-corrected chi connectivity index (χ2v) is 4.67. The lowest BCUT2D eigenvalue weighted by atomic mass is 10.2. The average molecular weight is 268 g/mol. The second-order valence-electron chi connectivity index (χ2n) is 4.67. The van der Waals surface area contributed by atoms with Crippen LogP contribution in [-0.2, 0) is 4.74 Å². The number of carbonyl (C=O) groups is 1. The SMILES string of the molecule is CC.COc1cc(C)c(NC(=O)OC(C)(C)C)cn1. The van der Waals surface area contributed by atoms with Gasteiger partial charge in [-0.1, -0.05) is 13.8 Å².